The van der Waals surface area contributed by atoms with Crippen molar-refractivity contribution in [2.24, 2.45) is 7.05 Å². The van der Waals surface area contributed by atoms with Gasteiger partial charge in [-0.3, -0.25) is 9.58 Å². The molecule has 5 heteroatoms. The lowest BCUT2D eigenvalue weighted by Crippen LogP contribution is -2.41. The molecule has 0 radical (unpaired) electrons. The smallest absolute Gasteiger partial charge is 0.131 e. The van der Waals surface area contributed by atoms with Gasteiger partial charge in [0.25, 0.3) is 0 Å². The summed E-state index contributed by atoms with van der Waals surface area (Å²) >= 11 is 6.12. The highest BCUT2D eigenvalue weighted by molar-refractivity contribution is 6.17. The predicted molar refractivity (Wildman–Crippen MR) is 83.5 cm³/mol. The summed E-state index contributed by atoms with van der Waals surface area (Å²) in [7, 11) is 2.03. The molecule has 0 amide bonds. The van der Waals surface area contributed by atoms with E-state index in [2.05, 4.69) is 21.8 Å². The maximum absolute atomic E-state index is 6.12. The molecule has 4 nitrogen and oxygen atoms in total. The molecule has 1 aromatic rings. The van der Waals surface area contributed by atoms with E-state index in [0.29, 0.717) is 11.9 Å². The molecule has 20 heavy (non-hydrogen) atoms. The van der Waals surface area contributed by atoms with E-state index in [4.69, 9.17) is 11.6 Å². The summed E-state index contributed by atoms with van der Waals surface area (Å²) in [6, 6.07) is 0.716. The van der Waals surface area contributed by atoms with Crippen LogP contribution in [0.4, 0.5) is 5.82 Å². The molecule has 1 unspecified atom stereocenters. The number of anilines is 1. The molecule has 2 aliphatic heterocycles. The van der Waals surface area contributed by atoms with Crippen LogP contribution >= 0.6 is 11.6 Å². The van der Waals surface area contributed by atoms with E-state index in [-0.39, 0.29) is 0 Å². The third-order valence-corrected chi connectivity index (χ3v) is 5.08. The molecule has 1 aromatic heterocycles. The largest absolute Gasteiger partial charge is 0.355 e. The number of aromatic nitrogens is 2. The van der Waals surface area contributed by atoms with Gasteiger partial charge in [-0.1, -0.05) is 6.42 Å². The van der Waals surface area contributed by atoms with Crippen molar-refractivity contribution in [3.63, 3.8) is 0 Å². The Hall–Kier alpha value is -0.740. The Kier molecular flexibility index (Phi) is 4.22. The highest BCUT2D eigenvalue weighted by atomic mass is 35.5. The Morgan fingerprint density at radius 3 is 2.65 bits per heavy atom. The van der Waals surface area contributed by atoms with Crippen molar-refractivity contribution in [1.82, 2.24) is 14.7 Å². The molecule has 3 rings (SSSR count). The third kappa shape index (κ3) is 2.56. The van der Waals surface area contributed by atoms with E-state index in [1.807, 2.05) is 11.7 Å². The van der Waals surface area contributed by atoms with E-state index in [9.17, 15) is 0 Å². The van der Waals surface area contributed by atoms with Gasteiger partial charge in [0.05, 0.1) is 11.6 Å². The molecule has 2 aliphatic rings. The normalized spacial score (nSPS) is 24.6. The van der Waals surface area contributed by atoms with Gasteiger partial charge in [0.15, 0.2) is 0 Å². The Bertz CT molecular complexity index is 465. The molecule has 2 saturated heterocycles. The zero-order chi connectivity index (χ0) is 14.1. The van der Waals surface area contributed by atoms with Crippen LogP contribution in [0.1, 0.15) is 36.9 Å². The average molecular weight is 297 g/mol. The number of likely N-dealkylation sites (tertiary alicyclic amines) is 1. The summed E-state index contributed by atoms with van der Waals surface area (Å²) in [6.07, 6.45) is 5.42. The van der Waals surface area contributed by atoms with Gasteiger partial charge >= 0.3 is 0 Å². The molecule has 2 fully saturated rings. The van der Waals surface area contributed by atoms with E-state index in [1.54, 1.807) is 0 Å². The maximum Gasteiger partial charge on any atom is 0.131 e. The van der Waals surface area contributed by atoms with E-state index in [1.165, 1.54) is 50.2 Å². The van der Waals surface area contributed by atoms with Crippen molar-refractivity contribution < 1.29 is 0 Å². The van der Waals surface area contributed by atoms with Gasteiger partial charge in [0, 0.05) is 31.7 Å². The second-order valence-electron chi connectivity index (χ2n) is 6.13. The molecular weight excluding hydrogens is 272 g/mol. The highest BCUT2D eigenvalue weighted by Crippen LogP contribution is 2.30. The predicted octanol–water partition coefficient (Wildman–Crippen LogP) is 2.53. The van der Waals surface area contributed by atoms with Gasteiger partial charge < -0.3 is 4.90 Å². The van der Waals surface area contributed by atoms with Crippen molar-refractivity contribution in [1.29, 1.82) is 0 Å². The maximum atomic E-state index is 6.12. The molecule has 0 saturated carbocycles. The van der Waals surface area contributed by atoms with Crippen molar-refractivity contribution in [2.45, 2.75) is 44.5 Å². The molecule has 0 spiro atoms. The zero-order valence-corrected chi connectivity index (χ0v) is 13.4. The van der Waals surface area contributed by atoms with Crippen LogP contribution in [0.5, 0.6) is 0 Å². The van der Waals surface area contributed by atoms with Crippen molar-refractivity contribution in [2.75, 3.05) is 31.1 Å². The summed E-state index contributed by atoms with van der Waals surface area (Å²) in [6.45, 7) is 6.88. The lowest BCUT2D eigenvalue weighted by Gasteiger charge is -2.32. The fraction of sp³-hybridized carbons (Fsp3) is 0.800. The van der Waals surface area contributed by atoms with Crippen LogP contribution in [-0.2, 0) is 12.9 Å². The quantitative estimate of drug-likeness (QED) is 0.801. The van der Waals surface area contributed by atoms with Crippen LogP contribution in [0.2, 0.25) is 0 Å². The molecule has 3 heterocycles. The lowest BCUT2D eigenvalue weighted by atomic mass is 10.1. The second-order valence-corrected chi connectivity index (χ2v) is 6.40. The number of alkyl halides is 1. The molecular formula is C15H25ClN4. The fourth-order valence-electron chi connectivity index (χ4n) is 3.76. The number of hydrogen-bond acceptors (Lipinski definition) is 3. The van der Waals surface area contributed by atoms with Gasteiger partial charge in [-0.05, 0) is 39.3 Å². The number of halogens is 1. The summed E-state index contributed by atoms with van der Waals surface area (Å²) < 4.78 is 2.01. The van der Waals surface area contributed by atoms with Crippen LogP contribution in [0.15, 0.2) is 0 Å². The number of piperidine rings is 1. The summed E-state index contributed by atoms with van der Waals surface area (Å²) in [5, 5.41) is 4.54. The standard InChI is InChI=1S/C15H25ClN4/c1-12-14(10-16)15(18(2)17-12)20-9-6-13(11-20)19-7-4-3-5-8-19/h13H,3-11H2,1-2H3. The minimum Gasteiger partial charge on any atom is -0.355 e. The second kappa shape index (κ2) is 5.94. The van der Waals surface area contributed by atoms with E-state index in [0.717, 1.165) is 18.8 Å². The van der Waals surface area contributed by atoms with Crippen LogP contribution in [0.25, 0.3) is 0 Å². The first-order valence-electron chi connectivity index (χ1n) is 7.78. The number of hydrogen-bond donors (Lipinski definition) is 0. The zero-order valence-electron chi connectivity index (χ0n) is 12.6. The molecule has 0 N–H and O–H groups in total. The van der Waals surface area contributed by atoms with Gasteiger partial charge in [-0.15, -0.1) is 11.6 Å². The summed E-state index contributed by atoms with van der Waals surface area (Å²) in [5.41, 5.74) is 2.27. The van der Waals surface area contributed by atoms with E-state index < -0.39 is 0 Å². The van der Waals surface area contributed by atoms with Gasteiger partial charge in [-0.2, -0.15) is 5.10 Å². The van der Waals surface area contributed by atoms with Crippen molar-refractivity contribution >= 4 is 17.4 Å². The van der Waals surface area contributed by atoms with Crippen LogP contribution in [-0.4, -0.2) is 46.9 Å². The monoisotopic (exact) mass is 296 g/mol. The minimum atomic E-state index is 0.555. The number of aryl methyl sites for hydroxylation is 2. The SMILES string of the molecule is Cc1nn(C)c(N2CCC(N3CCCCC3)C2)c1CCl. The van der Waals surface area contributed by atoms with Gasteiger partial charge in [0.2, 0.25) is 0 Å². The Morgan fingerprint density at radius 2 is 1.95 bits per heavy atom. The fourth-order valence-corrected chi connectivity index (χ4v) is 4.07. The number of nitrogens with zero attached hydrogens (tertiary/aromatic N) is 4. The van der Waals surface area contributed by atoms with Crippen LogP contribution in [0, 0.1) is 6.92 Å². The topological polar surface area (TPSA) is 24.3 Å². The minimum absolute atomic E-state index is 0.555. The van der Waals surface area contributed by atoms with Gasteiger partial charge in [0.1, 0.15) is 5.82 Å². The molecule has 112 valence electrons. The first-order chi connectivity index (χ1) is 9.70. The average Bonchev–Trinajstić information content (AvgIpc) is 3.03. The summed E-state index contributed by atoms with van der Waals surface area (Å²) in [4.78, 5) is 5.17. The Morgan fingerprint density at radius 1 is 1.20 bits per heavy atom. The van der Waals surface area contributed by atoms with Crippen molar-refractivity contribution in [3.8, 4) is 0 Å². The third-order valence-electron chi connectivity index (χ3n) is 4.82. The first kappa shape index (κ1) is 14.2. The number of rotatable bonds is 3. The van der Waals surface area contributed by atoms with Crippen molar-refractivity contribution in [3.05, 3.63) is 11.3 Å². The molecule has 1 atom stereocenters. The van der Waals surface area contributed by atoms with Gasteiger partial charge in [-0.25, -0.2) is 0 Å². The summed E-state index contributed by atoms with van der Waals surface area (Å²) in [5.74, 6) is 1.79. The van der Waals surface area contributed by atoms with Crippen LogP contribution in [0.3, 0.4) is 0 Å². The Balaban J connectivity index is 1.73. The molecule has 0 aromatic carbocycles. The highest BCUT2D eigenvalue weighted by Gasteiger charge is 2.31. The molecule has 0 aliphatic carbocycles. The van der Waals surface area contributed by atoms with Crippen LogP contribution < -0.4 is 4.90 Å². The van der Waals surface area contributed by atoms with E-state index >= 15 is 0 Å². The molecule has 0 bridgehead atoms. The Labute approximate surface area is 126 Å². The first-order valence-corrected chi connectivity index (χ1v) is 8.31. The lowest BCUT2D eigenvalue weighted by molar-refractivity contribution is 0.174.